The summed E-state index contributed by atoms with van der Waals surface area (Å²) in [6.07, 6.45) is 12.2. The molecule has 0 amide bonds. The molecule has 3 heterocycles. The van der Waals surface area contributed by atoms with Gasteiger partial charge in [-0.25, -0.2) is 14.6 Å². The zero-order chi connectivity index (χ0) is 29.5. The maximum absolute atomic E-state index is 13.9. The van der Waals surface area contributed by atoms with E-state index in [0.29, 0.717) is 5.41 Å². The van der Waals surface area contributed by atoms with Gasteiger partial charge in [0.05, 0.1) is 19.5 Å². The fraction of sp³-hybridized carbons (Fsp3) is 0.690. The van der Waals surface area contributed by atoms with Crippen molar-refractivity contribution in [3.63, 3.8) is 0 Å². The second-order valence-electron chi connectivity index (χ2n) is 12.1. The summed E-state index contributed by atoms with van der Waals surface area (Å²) in [5.41, 5.74) is 4.83. The number of nitrogens with two attached hydrogens (primary N) is 1. The van der Waals surface area contributed by atoms with Crippen LogP contribution in [0.25, 0.3) is 11.2 Å². The molecule has 12 nitrogen and oxygen atoms in total. The van der Waals surface area contributed by atoms with Crippen LogP contribution in [0, 0.1) is 41.6 Å². The van der Waals surface area contributed by atoms with E-state index in [0.717, 1.165) is 30.6 Å². The normalized spacial score (nSPS) is 32.6. The Morgan fingerprint density at radius 1 is 1.14 bits per heavy atom. The number of nitrogen functional groups attached to an aromatic ring is 1. The number of nitrogens with zero attached hydrogens (tertiary/aromatic N) is 4. The summed E-state index contributed by atoms with van der Waals surface area (Å²) >= 11 is 0. The van der Waals surface area contributed by atoms with Crippen molar-refractivity contribution in [3.8, 4) is 12.3 Å². The molecule has 2 unspecified atom stereocenters. The monoisotopic (exact) mass is 585 g/mol. The molecular weight excluding hydrogens is 549 g/mol. The quantitative estimate of drug-likeness (QED) is 0.181. The van der Waals surface area contributed by atoms with E-state index in [2.05, 4.69) is 20.9 Å². The van der Waals surface area contributed by atoms with E-state index in [1.165, 1.54) is 49.4 Å². The molecule has 1 aliphatic heterocycles. The van der Waals surface area contributed by atoms with Crippen molar-refractivity contribution in [2.75, 3.05) is 25.6 Å². The van der Waals surface area contributed by atoms with E-state index in [4.69, 9.17) is 35.8 Å². The molecule has 2 aromatic rings. The Morgan fingerprint density at radius 2 is 1.93 bits per heavy atom. The summed E-state index contributed by atoms with van der Waals surface area (Å²) < 4.78 is 42.5. The molecule has 0 aromatic carbocycles. The zero-order valence-electron chi connectivity index (χ0n) is 23.6. The molecule has 0 spiro atoms. The number of terminal acetylenes is 1. The van der Waals surface area contributed by atoms with Crippen molar-refractivity contribution in [2.45, 2.75) is 82.6 Å². The zero-order valence-corrected chi connectivity index (χ0v) is 23.6. The first-order valence-corrected chi connectivity index (χ1v) is 14.7. The highest BCUT2D eigenvalue weighted by Gasteiger charge is 2.57. The first kappa shape index (κ1) is 28.5. The summed E-state index contributed by atoms with van der Waals surface area (Å²) in [6, 6.07) is 0. The van der Waals surface area contributed by atoms with Crippen LogP contribution in [0.15, 0.2) is 6.33 Å². The second-order valence-corrected chi connectivity index (χ2v) is 12.1. The Balaban J connectivity index is 1.06. The van der Waals surface area contributed by atoms with Gasteiger partial charge in [0.1, 0.15) is 12.8 Å². The van der Waals surface area contributed by atoms with Crippen LogP contribution in [-0.4, -0.2) is 63.4 Å². The van der Waals surface area contributed by atoms with Gasteiger partial charge in [-0.05, 0) is 81.5 Å². The first-order valence-electron chi connectivity index (χ1n) is 14.7. The number of carbonyl (C=O) groups excluding carboxylic acids is 2. The predicted octanol–water partition coefficient (Wildman–Crippen LogP) is 4.53. The maximum Gasteiger partial charge on any atom is 0.508 e. The van der Waals surface area contributed by atoms with Crippen molar-refractivity contribution in [1.29, 1.82) is 0 Å². The van der Waals surface area contributed by atoms with Crippen molar-refractivity contribution < 1.29 is 37.7 Å². The number of hydrogen-bond acceptors (Lipinski definition) is 11. The number of halogens is 1. The summed E-state index contributed by atoms with van der Waals surface area (Å²) in [4.78, 5) is 36.1. The standard InChI is InChI=1S/C29H36FN5O7/c1-3-29(15-40-26(36)39-8-6-5-7-28-13-17-9-18(14-28)11-19(28)10-17)20(41-27(37)38-4-2)12-21(42-29)35-16-32-22-23(31)33-25(30)34-24(22)35/h1,16-21H,4-15H2,2H3,(H2,31,33,34)/t17?,18?,19?,20-,21+,28?,29+/m0/s1. The lowest BCUT2D eigenvalue weighted by atomic mass is 9.72. The van der Waals surface area contributed by atoms with Crippen LogP contribution in [0.4, 0.5) is 19.8 Å². The van der Waals surface area contributed by atoms with Gasteiger partial charge in [-0.2, -0.15) is 14.4 Å². The molecule has 5 atom stereocenters. The summed E-state index contributed by atoms with van der Waals surface area (Å²) in [7, 11) is 0. The van der Waals surface area contributed by atoms with E-state index in [-0.39, 0.29) is 36.6 Å². The molecule has 5 fully saturated rings. The third-order valence-electron chi connectivity index (χ3n) is 9.61. The Morgan fingerprint density at radius 3 is 2.67 bits per heavy atom. The van der Waals surface area contributed by atoms with E-state index in [1.54, 1.807) is 6.92 Å². The average molecular weight is 586 g/mol. The van der Waals surface area contributed by atoms with Crippen molar-refractivity contribution in [2.24, 2.45) is 23.2 Å². The highest BCUT2D eigenvalue weighted by atomic mass is 19.1. The lowest BCUT2D eigenvalue weighted by molar-refractivity contribution is -0.105. The summed E-state index contributed by atoms with van der Waals surface area (Å²) in [6.45, 7) is 1.47. The highest BCUT2D eigenvalue weighted by molar-refractivity contribution is 5.81. The predicted molar refractivity (Wildman–Crippen MR) is 145 cm³/mol. The van der Waals surface area contributed by atoms with Gasteiger partial charge in [-0.15, -0.1) is 6.42 Å². The van der Waals surface area contributed by atoms with Gasteiger partial charge >= 0.3 is 18.4 Å². The number of unbranched alkanes of at least 4 members (excludes halogenated alkanes) is 1. The smallest absolute Gasteiger partial charge is 0.435 e. The molecule has 7 rings (SSSR count). The second kappa shape index (κ2) is 11.2. The molecule has 2 aromatic heterocycles. The summed E-state index contributed by atoms with van der Waals surface area (Å²) in [5.74, 6) is 5.06. The van der Waals surface area contributed by atoms with Crippen molar-refractivity contribution in [3.05, 3.63) is 12.4 Å². The number of imidazole rings is 1. The third kappa shape index (κ3) is 5.21. The number of anilines is 1. The lowest BCUT2D eigenvalue weighted by Crippen LogP contribution is -2.45. The highest BCUT2D eigenvalue weighted by Crippen LogP contribution is 2.67. The van der Waals surface area contributed by atoms with E-state index in [9.17, 15) is 14.0 Å². The van der Waals surface area contributed by atoms with Gasteiger partial charge in [0.2, 0.25) is 5.60 Å². The molecule has 13 heteroatoms. The fourth-order valence-corrected chi connectivity index (χ4v) is 8.05. The molecule has 2 N–H and O–H groups in total. The molecule has 0 radical (unpaired) electrons. The molecular formula is C29H36FN5O7. The minimum atomic E-state index is -1.69. The van der Waals surface area contributed by atoms with Crippen LogP contribution in [0.2, 0.25) is 0 Å². The third-order valence-corrected chi connectivity index (χ3v) is 9.61. The molecule has 226 valence electrons. The maximum atomic E-state index is 13.9. The Hall–Kier alpha value is -3.66. The number of carbonyl (C=O) groups is 2. The Bertz CT molecular complexity index is 1380. The van der Waals surface area contributed by atoms with Gasteiger partial charge in [0, 0.05) is 6.42 Å². The Labute approximate surface area is 242 Å². The molecule has 4 bridgehead atoms. The number of fused-ring (bicyclic) bond motifs is 1. The lowest BCUT2D eigenvalue weighted by Gasteiger charge is -2.33. The minimum absolute atomic E-state index is 0.00284. The molecule has 4 aliphatic carbocycles. The van der Waals surface area contributed by atoms with Crippen LogP contribution in [0.5, 0.6) is 0 Å². The van der Waals surface area contributed by atoms with Crippen molar-refractivity contribution >= 4 is 29.3 Å². The van der Waals surface area contributed by atoms with E-state index in [1.807, 2.05) is 0 Å². The number of ether oxygens (including phenoxy) is 5. The van der Waals surface area contributed by atoms with Gasteiger partial charge in [-0.1, -0.05) is 5.92 Å². The van der Waals surface area contributed by atoms with Crippen LogP contribution in [-0.2, 0) is 23.7 Å². The van der Waals surface area contributed by atoms with E-state index >= 15 is 0 Å². The average Bonchev–Trinajstić information content (AvgIpc) is 3.65. The molecule has 42 heavy (non-hydrogen) atoms. The van der Waals surface area contributed by atoms with Crippen molar-refractivity contribution in [1.82, 2.24) is 19.5 Å². The topological polar surface area (TPSA) is 150 Å². The molecule has 5 aliphatic rings. The number of hydrogen-bond donors (Lipinski definition) is 1. The van der Waals surface area contributed by atoms with E-state index < -0.39 is 42.9 Å². The first-order chi connectivity index (χ1) is 20.2. The van der Waals surface area contributed by atoms with Gasteiger partial charge in [0.15, 0.2) is 23.1 Å². The largest absolute Gasteiger partial charge is 0.508 e. The van der Waals surface area contributed by atoms with Gasteiger partial charge in [0.25, 0.3) is 0 Å². The number of rotatable bonds is 10. The van der Waals surface area contributed by atoms with Crippen LogP contribution < -0.4 is 5.73 Å². The fourth-order valence-electron chi connectivity index (χ4n) is 8.05. The van der Waals surface area contributed by atoms with Gasteiger partial charge in [-0.3, -0.25) is 4.57 Å². The van der Waals surface area contributed by atoms with Crippen LogP contribution in [0.1, 0.15) is 70.9 Å². The summed E-state index contributed by atoms with van der Waals surface area (Å²) in [5, 5.41) is 0. The molecule has 1 saturated heterocycles. The van der Waals surface area contributed by atoms with Gasteiger partial charge < -0.3 is 29.4 Å². The van der Waals surface area contributed by atoms with Crippen LogP contribution in [0.3, 0.4) is 0 Å². The SMILES string of the molecule is C#C[C@]1(COC(=O)OCCCCC23CC4CC(CC2C4)C3)O[C@@H](n2cnc3c(N)nc(F)nc32)C[C@@H]1OC(=O)OCC. The Kier molecular flexibility index (Phi) is 7.59. The minimum Gasteiger partial charge on any atom is -0.435 e. The number of aromatic nitrogens is 4. The molecule has 4 saturated carbocycles. The van der Waals surface area contributed by atoms with Crippen LogP contribution >= 0.6 is 0 Å².